The molecule has 4 N–H and O–H groups in total. The smallest absolute Gasteiger partial charge is 0.292 e. The van der Waals surface area contributed by atoms with Gasteiger partial charge in [-0.1, -0.05) is 23.5 Å². The highest BCUT2D eigenvalue weighted by atomic mass is 32.1. The standard InChI is InChI=1S/C14H10N4OS/c15-13-17-9-3-1-7(5-11(9)19-13)8-2-4-10-12(6-8)20-14(16)18-10/h1-6H,(H2,15,17)(H2,16,18). The van der Waals surface area contributed by atoms with E-state index < -0.39 is 0 Å². The number of anilines is 2. The number of thiazole rings is 1. The predicted molar refractivity (Wildman–Crippen MR) is 81.4 cm³/mol. The third kappa shape index (κ3) is 1.70. The first kappa shape index (κ1) is 11.2. The molecule has 4 aromatic rings. The molecular weight excluding hydrogens is 272 g/mol. The second-order valence-corrected chi connectivity index (χ2v) is 5.53. The number of nitrogen functional groups attached to an aromatic ring is 2. The van der Waals surface area contributed by atoms with Gasteiger partial charge >= 0.3 is 0 Å². The Hall–Kier alpha value is -2.60. The number of hydrogen-bond donors (Lipinski definition) is 2. The highest BCUT2D eigenvalue weighted by Gasteiger charge is 2.07. The van der Waals surface area contributed by atoms with Crippen molar-refractivity contribution >= 4 is 43.8 Å². The zero-order valence-electron chi connectivity index (χ0n) is 10.3. The summed E-state index contributed by atoms with van der Waals surface area (Å²) in [6.07, 6.45) is 0. The molecule has 0 saturated carbocycles. The van der Waals surface area contributed by atoms with Crippen LogP contribution in [-0.4, -0.2) is 9.97 Å². The van der Waals surface area contributed by atoms with Crippen LogP contribution in [0.25, 0.3) is 32.4 Å². The molecule has 2 heterocycles. The normalized spacial score (nSPS) is 11.4. The molecule has 0 aliphatic heterocycles. The van der Waals surface area contributed by atoms with Crippen molar-refractivity contribution in [3.05, 3.63) is 36.4 Å². The summed E-state index contributed by atoms with van der Waals surface area (Å²) in [5.41, 5.74) is 15.8. The van der Waals surface area contributed by atoms with Gasteiger partial charge in [-0.05, 0) is 35.4 Å². The van der Waals surface area contributed by atoms with Crippen LogP contribution in [0, 0.1) is 0 Å². The minimum absolute atomic E-state index is 0.183. The molecule has 0 radical (unpaired) electrons. The van der Waals surface area contributed by atoms with Gasteiger partial charge in [0, 0.05) is 0 Å². The molecule has 0 bridgehead atoms. The fourth-order valence-electron chi connectivity index (χ4n) is 2.24. The second-order valence-electron chi connectivity index (χ2n) is 4.47. The first-order valence-electron chi connectivity index (χ1n) is 6.01. The SMILES string of the molecule is Nc1nc2ccc(-c3ccc4nc(N)sc4c3)cc2o1. The third-order valence-electron chi connectivity index (χ3n) is 3.14. The van der Waals surface area contributed by atoms with Crippen molar-refractivity contribution in [2.24, 2.45) is 0 Å². The molecule has 0 aliphatic rings. The number of aromatic nitrogens is 2. The number of oxazole rings is 1. The molecule has 20 heavy (non-hydrogen) atoms. The van der Waals surface area contributed by atoms with Crippen molar-refractivity contribution < 1.29 is 4.42 Å². The molecule has 0 unspecified atom stereocenters. The number of benzene rings is 2. The Bertz CT molecular complexity index is 863. The molecule has 0 aliphatic carbocycles. The van der Waals surface area contributed by atoms with Crippen LogP contribution in [0.4, 0.5) is 11.1 Å². The summed E-state index contributed by atoms with van der Waals surface area (Å²) in [4.78, 5) is 8.34. The van der Waals surface area contributed by atoms with Crippen molar-refractivity contribution in [3.8, 4) is 11.1 Å². The summed E-state index contributed by atoms with van der Waals surface area (Å²) < 4.78 is 6.43. The molecule has 0 amide bonds. The van der Waals surface area contributed by atoms with Crippen LogP contribution in [0.5, 0.6) is 0 Å². The molecule has 0 atom stereocenters. The Morgan fingerprint density at radius 2 is 1.65 bits per heavy atom. The van der Waals surface area contributed by atoms with Gasteiger partial charge in [-0.25, -0.2) is 4.98 Å². The Balaban J connectivity index is 1.90. The molecular formula is C14H10N4OS. The zero-order chi connectivity index (χ0) is 13.7. The molecule has 2 aromatic carbocycles. The van der Waals surface area contributed by atoms with Crippen LogP contribution in [-0.2, 0) is 0 Å². The summed E-state index contributed by atoms with van der Waals surface area (Å²) in [5, 5.41) is 0.579. The van der Waals surface area contributed by atoms with Gasteiger partial charge in [0.25, 0.3) is 6.01 Å². The van der Waals surface area contributed by atoms with Crippen molar-refractivity contribution in [2.75, 3.05) is 11.5 Å². The van der Waals surface area contributed by atoms with Crippen LogP contribution in [0.3, 0.4) is 0 Å². The number of rotatable bonds is 1. The van der Waals surface area contributed by atoms with Gasteiger partial charge in [0.2, 0.25) is 0 Å². The van der Waals surface area contributed by atoms with Crippen LogP contribution in [0.15, 0.2) is 40.8 Å². The second kappa shape index (κ2) is 3.94. The molecule has 0 spiro atoms. The fourth-order valence-corrected chi connectivity index (χ4v) is 3.02. The van der Waals surface area contributed by atoms with Gasteiger partial charge in [-0.3, -0.25) is 0 Å². The van der Waals surface area contributed by atoms with E-state index in [1.54, 1.807) is 0 Å². The topological polar surface area (TPSA) is 91.0 Å². The zero-order valence-corrected chi connectivity index (χ0v) is 11.1. The lowest BCUT2D eigenvalue weighted by Crippen LogP contribution is -1.80. The summed E-state index contributed by atoms with van der Waals surface area (Å²) in [6, 6.07) is 12.1. The van der Waals surface area contributed by atoms with Gasteiger partial charge in [0.15, 0.2) is 10.7 Å². The Kier molecular flexibility index (Phi) is 2.22. The van der Waals surface area contributed by atoms with E-state index >= 15 is 0 Å². The minimum Gasteiger partial charge on any atom is -0.424 e. The highest BCUT2D eigenvalue weighted by molar-refractivity contribution is 7.22. The van der Waals surface area contributed by atoms with Crippen LogP contribution < -0.4 is 11.5 Å². The lowest BCUT2D eigenvalue weighted by atomic mass is 10.1. The van der Waals surface area contributed by atoms with Gasteiger partial charge < -0.3 is 15.9 Å². The molecule has 98 valence electrons. The molecule has 4 rings (SSSR count). The average Bonchev–Trinajstić information content (AvgIpc) is 2.97. The lowest BCUT2D eigenvalue weighted by molar-refractivity contribution is 0.626. The Morgan fingerprint density at radius 3 is 2.50 bits per heavy atom. The Labute approximate surface area is 117 Å². The molecule has 0 fully saturated rings. The van der Waals surface area contributed by atoms with Crippen molar-refractivity contribution in [2.45, 2.75) is 0 Å². The van der Waals surface area contributed by atoms with E-state index in [-0.39, 0.29) is 6.01 Å². The van der Waals surface area contributed by atoms with E-state index in [1.165, 1.54) is 11.3 Å². The third-order valence-corrected chi connectivity index (χ3v) is 3.99. The van der Waals surface area contributed by atoms with Gasteiger partial charge in [-0.15, -0.1) is 0 Å². The van der Waals surface area contributed by atoms with E-state index in [9.17, 15) is 0 Å². The number of nitrogens with two attached hydrogens (primary N) is 2. The summed E-state index contributed by atoms with van der Waals surface area (Å²) in [5.74, 6) is 0. The van der Waals surface area contributed by atoms with E-state index in [2.05, 4.69) is 16.0 Å². The summed E-state index contributed by atoms with van der Waals surface area (Å²) in [7, 11) is 0. The first-order valence-corrected chi connectivity index (χ1v) is 6.83. The van der Waals surface area contributed by atoms with Gasteiger partial charge in [0.1, 0.15) is 5.52 Å². The van der Waals surface area contributed by atoms with Crippen LogP contribution in [0.1, 0.15) is 0 Å². The van der Waals surface area contributed by atoms with E-state index in [0.29, 0.717) is 10.7 Å². The fraction of sp³-hybridized carbons (Fsp3) is 0. The lowest BCUT2D eigenvalue weighted by Gasteiger charge is -2.01. The molecule has 5 nitrogen and oxygen atoms in total. The van der Waals surface area contributed by atoms with E-state index in [1.807, 2.05) is 30.3 Å². The number of hydrogen-bond acceptors (Lipinski definition) is 6. The summed E-state index contributed by atoms with van der Waals surface area (Å²) >= 11 is 1.48. The minimum atomic E-state index is 0.183. The van der Waals surface area contributed by atoms with E-state index in [0.717, 1.165) is 26.9 Å². The van der Waals surface area contributed by atoms with Crippen LogP contribution in [0.2, 0.25) is 0 Å². The first-order chi connectivity index (χ1) is 9.69. The largest absolute Gasteiger partial charge is 0.424 e. The van der Waals surface area contributed by atoms with Gasteiger partial charge in [0.05, 0.1) is 10.2 Å². The monoisotopic (exact) mass is 282 g/mol. The predicted octanol–water partition coefficient (Wildman–Crippen LogP) is 3.27. The Morgan fingerprint density at radius 1 is 0.900 bits per heavy atom. The number of fused-ring (bicyclic) bond motifs is 2. The molecule has 0 saturated heterocycles. The summed E-state index contributed by atoms with van der Waals surface area (Å²) in [6.45, 7) is 0. The van der Waals surface area contributed by atoms with Crippen molar-refractivity contribution in [1.82, 2.24) is 9.97 Å². The molecule has 6 heteroatoms. The van der Waals surface area contributed by atoms with Crippen LogP contribution >= 0.6 is 11.3 Å². The van der Waals surface area contributed by atoms with E-state index in [4.69, 9.17) is 15.9 Å². The maximum Gasteiger partial charge on any atom is 0.292 e. The van der Waals surface area contributed by atoms with Crippen molar-refractivity contribution in [3.63, 3.8) is 0 Å². The molecule has 2 aromatic heterocycles. The maximum absolute atomic E-state index is 5.73. The maximum atomic E-state index is 5.73. The van der Waals surface area contributed by atoms with Gasteiger partial charge in [-0.2, -0.15) is 4.98 Å². The quantitative estimate of drug-likeness (QED) is 0.559. The average molecular weight is 282 g/mol. The number of nitrogens with zero attached hydrogens (tertiary/aromatic N) is 2. The van der Waals surface area contributed by atoms with Crippen molar-refractivity contribution in [1.29, 1.82) is 0 Å². The highest BCUT2D eigenvalue weighted by Crippen LogP contribution is 2.31.